The van der Waals surface area contributed by atoms with Crippen LogP contribution in [-0.2, 0) is 19.6 Å². The van der Waals surface area contributed by atoms with Crippen molar-refractivity contribution in [3.05, 3.63) is 30.0 Å². The van der Waals surface area contributed by atoms with Crippen LogP contribution < -0.4 is 5.14 Å². The first-order chi connectivity index (χ1) is 10.1. The van der Waals surface area contributed by atoms with Crippen molar-refractivity contribution in [1.82, 2.24) is 4.90 Å². The molecule has 0 saturated carbocycles. The van der Waals surface area contributed by atoms with Crippen molar-refractivity contribution < 1.29 is 27.2 Å². The number of nitrogens with zero attached hydrogens (tertiary/aromatic N) is 1. The number of carbonyl (C=O) groups excluding carboxylic acids is 2. The Morgan fingerprint density at radius 2 is 2.05 bits per heavy atom. The summed E-state index contributed by atoms with van der Waals surface area (Å²) in [6.07, 6.45) is 0. The average Bonchev–Trinajstić information content (AvgIpc) is 2.91. The lowest BCUT2D eigenvalue weighted by Crippen LogP contribution is -2.35. The van der Waals surface area contributed by atoms with Crippen molar-refractivity contribution in [3.8, 4) is 0 Å². The van der Waals surface area contributed by atoms with Gasteiger partial charge in [0.15, 0.2) is 6.61 Å². The van der Waals surface area contributed by atoms with Gasteiger partial charge >= 0.3 is 5.97 Å². The summed E-state index contributed by atoms with van der Waals surface area (Å²) in [4.78, 5) is 25.0. The second-order valence-corrected chi connectivity index (χ2v) is 6.10. The molecule has 0 atom stereocenters. The minimum absolute atomic E-state index is 0.347. The Morgan fingerprint density at radius 1 is 1.41 bits per heavy atom. The van der Waals surface area contributed by atoms with E-state index in [2.05, 4.69) is 6.58 Å². The number of nitrogens with two attached hydrogens (primary N) is 1. The lowest BCUT2D eigenvalue weighted by molar-refractivity contribution is -0.134. The standard InChI is InChI=1S/C13H18N2O6S/c1-4-15(7-9(2)3)11(16)8-20-13(17)10-5-6-12(21-10)22(14,18)19/h5-6H,2,4,7-8H2,1,3H3,(H2,14,18,19). The van der Waals surface area contributed by atoms with Crippen LogP contribution in [0.3, 0.4) is 0 Å². The van der Waals surface area contributed by atoms with Gasteiger partial charge in [-0.15, -0.1) is 0 Å². The van der Waals surface area contributed by atoms with Gasteiger partial charge in [-0.2, -0.15) is 0 Å². The van der Waals surface area contributed by atoms with Crippen molar-refractivity contribution in [3.63, 3.8) is 0 Å². The molecule has 0 unspecified atom stereocenters. The summed E-state index contributed by atoms with van der Waals surface area (Å²) in [7, 11) is -4.04. The molecule has 0 aromatic carbocycles. The van der Waals surface area contributed by atoms with Crippen molar-refractivity contribution >= 4 is 21.9 Å². The average molecular weight is 330 g/mol. The molecule has 1 rings (SSSR count). The molecule has 1 heterocycles. The highest BCUT2D eigenvalue weighted by Crippen LogP contribution is 2.13. The number of esters is 1. The van der Waals surface area contributed by atoms with E-state index in [0.29, 0.717) is 13.1 Å². The fourth-order valence-electron chi connectivity index (χ4n) is 1.57. The van der Waals surface area contributed by atoms with Gasteiger partial charge in [-0.1, -0.05) is 12.2 Å². The number of likely N-dealkylation sites (N-methyl/N-ethyl adjacent to an activating group) is 1. The number of primary sulfonamides is 1. The van der Waals surface area contributed by atoms with E-state index < -0.39 is 33.6 Å². The molecule has 2 N–H and O–H groups in total. The highest BCUT2D eigenvalue weighted by atomic mass is 32.2. The molecule has 8 nitrogen and oxygen atoms in total. The largest absolute Gasteiger partial charge is 0.450 e. The first-order valence-electron chi connectivity index (χ1n) is 6.37. The van der Waals surface area contributed by atoms with E-state index in [-0.39, 0.29) is 5.76 Å². The topological polar surface area (TPSA) is 120 Å². The Kier molecular flexibility index (Phi) is 5.89. The van der Waals surface area contributed by atoms with Crippen LogP contribution in [-0.4, -0.2) is 44.9 Å². The summed E-state index contributed by atoms with van der Waals surface area (Å²) in [6.45, 7) is 7.60. The highest BCUT2D eigenvalue weighted by Gasteiger charge is 2.20. The molecule has 0 aliphatic carbocycles. The molecule has 0 radical (unpaired) electrons. The number of hydrogen-bond donors (Lipinski definition) is 1. The molecule has 0 fully saturated rings. The van der Waals surface area contributed by atoms with Gasteiger partial charge < -0.3 is 14.1 Å². The second kappa shape index (κ2) is 7.23. The van der Waals surface area contributed by atoms with Crippen LogP contribution in [0.5, 0.6) is 0 Å². The number of carbonyl (C=O) groups is 2. The van der Waals surface area contributed by atoms with Gasteiger partial charge in [0.05, 0.1) is 0 Å². The molecule has 0 aliphatic rings. The maximum atomic E-state index is 11.9. The van der Waals surface area contributed by atoms with Gasteiger partial charge in [-0.25, -0.2) is 18.4 Å². The molecule has 1 aromatic heterocycles. The Balaban J connectivity index is 2.64. The van der Waals surface area contributed by atoms with Crippen LogP contribution in [0.25, 0.3) is 0 Å². The molecule has 1 amide bonds. The van der Waals surface area contributed by atoms with Crippen LogP contribution in [0.1, 0.15) is 24.4 Å². The number of furan rings is 1. The van der Waals surface area contributed by atoms with Gasteiger partial charge in [-0.3, -0.25) is 4.79 Å². The van der Waals surface area contributed by atoms with Crippen LogP contribution in [0.15, 0.2) is 33.8 Å². The predicted molar refractivity (Wildman–Crippen MR) is 77.4 cm³/mol. The van der Waals surface area contributed by atoms with Gasteiger partial charge in [-0.05, 0) is 26.0 Å². The molecule has 0 aliphatic heterocycles. The molecule has 0 bridgehead atoms. The maximum absolute atomic E-state index is 11.9. The van der Waals surface area contributed by atoms with E-state index in [1.807, 2.05) is 0 Å². The lowest BCUT2D eigenvalue weighted by atomic mass is 10.3. The third-order valence-electron chi connectivity index (χ3n) is 2.58. The third kappa shape index (κ3) is 5.01. The number of ether oxygens (including phenoxy) is 1. The summed E-state index contributed by atoms with van der Waals surface area (Å²) in [5, 5.41) is 4.30. The molecule has 0 saturated heterocycles. The van der Waals surface area contributed by atoms with Crippen LogP contribution in [0.4, 0.5) is 0 Å². The third-order valence-corrected chi connectivity index (χ3v) is 3.37. The molecular formula is C13H18N2O6S. The maximum Gasteiger partial charge on any atom is 0.374 e. The first-order valence-corrected chi connectivity index (χ1v) is 7.91. The Hall–Kier alpha value is -2.13. The number of sulfonamides is 1. The van der Waals surface area contributed by atoms with E-state index in [1.165, 1.54) is 4.90 Å². The van der Waals surface area contributed by atoms with Crippen molar-refractivity contribution in [2.45, 2.75) is 18.9 Å². The quantitative estimate of drug-likeness (QED) is 0.574. The van der Waals surface area contributed by atoms with Crippen molar-refractivity contribution in [2.24, 2.45) is 5.14 Å². The van der Waals surface area contributed by atoms with Crippen LogP contribution in [0.2, 0.25) is 0 Å². The molecule has 9 heteroatoms. The highest BCUT2D eigenvalue weighted by molar-refractivity contribution is 7.89. The van der Waals surface area contributed by atoms with Gasteiger partial charge in [0.2, 0.25) is 10.9 Å². The summed E-state index contributed by atoms with van der Waals surface area (Å²) in [5.41, 5.74) is 0.797. The normalized spacial score (nSPS) is 11.0. The molecule has 22 heavy (non-hydrogen) atoms. The first kappa shape index (κ1) is 17.9. The van der Waals surface area contributed by atoms with Crippen LogP contribution in [0, 0.1) is 0 Å². The number of rotatable bonds is 7. The molecule has 122 valence electrons. The Labute approximate surface area is 128 Å². The molecular weight excluding hydrogens is 312 g/mol. The van der Waals surface area contributed by atoms with E-state index in [9.17, 15) is 18.0 Å². The Morgan fingerprint density at radius 3 is 2.50 bits per heavy atom. The number of hydrogen-bond acceptors (Lipinski definition) is 6. The zero-order valence-electron chi connectivity index (χ0n) is 12.4. The monoisotopic (exact) mass is 330 g/mol. The molecule has 1 aromatic rings. The minimum atomic E-state index is -4.04. The second-order valence-electron chi connectivity index (χ2n) is 4.60. The van der Waals surface area contributed by atoms with Gasteiger partial charge in [0, 0.05) is 13.1 Å². The minimum Gasteiger partial charge on any atom is -0.450 e. The number of amides is 1. The van der Waals surface area contributed by atoms with E-state index >= 15 is 0 Å². The zero-order valence-corrected chi connectivity index (χ0v) is 13.2. The fourth-order valence-corrected chi connectivity index (χ4v) is 2.04. The van der Waals surface area contributed by atoms with E-state index in [4.69, 9.17) is 14.3 Å². The predicted octanol–water partition coefficient (Wildman–Crippen LogP) is 0.508. The van der Waals surface area contributed by atoms with Crippen LogP contribution >= 0.6 is 0 Å². The molecule has 0 spiro atoms. The fraction of sp³-hybridized carbons (Fsp3) is 0.385. The van der Waals surface area contributed by atoms with Gasteiger partial charge in [0.1, 0.15) is 0 Å². The SMILES string of the molecule is C=C(C)CN(CC)C(=O)COC(=O)c1ccc(S(N)(=O)=O)o1. The summed E-state index contributed by atoms with van der Waals surface area (Å²) in [6, 6.07) is 2.14. The summed E-state index contributed by atoms with van der Waals surface area (Å²) in [5.74, 6) is -1.69. The van der Waals surface area contributed by atoms with Crippen molar-refractivity contribution in [1.29, 1.82) is 0 Å². The van der Waals surface area contributed by atoms with Crippen molar-refractivity contribution in [2.75, 3.05) is 19.7 Å². The van der Waals surface area contributed by atoms with Gasteiger partial charge in [0.25, 0.3) is 15.9 Å². The lowest BCUT2D eigenvalue weighted by Gasteiger charge is -2.20. The van der Waals surface area contributed by atoms with E-state index in [1.54, 1.807) is 13.8 Å². The van der Waals surface area contributed by atoms with E-state index in [0.717, 1.165) is 17.7 Å². The summed E-state index contributed by atoms with van der Waals surface area (Å²) >= 11 is 0. The summed E-state index contributed by atoms with van der Waals surface area (Å²) < 4.78 is 31.6. The zero-order chi connectivity index (χ0) is 16.9. The smallest absolute Gasteiger partial charge is 0.374 e. The Bertz CT molecular complexity index is 676.